The fourth-order valence-electron chi connectivity index (χ4n) is 3.73. The molecule has 1 aromatic heterocycles. The van der Waals surface area contributed by atoms with Crippen LogP contribution < -0.4 is 5.32 Å². The minimum Gasteiger partial charge on any atom is -0.342 e. The summed E-state index contributed by atoms with van der Waals surface area (Å²) in [5.41, 5.74) is 3.61. The van der Waals surface area contributed by atoms with E-state index in [9.17, 15) is 9.59 Å². The zero-order chi connectivity index (χ0) is 20.1. The standard InChI is InChI=1S/C23H24N4O2/c28-22(14-17-6-2-1-3-7-17)27-13-5-9-19(16-27)23(29)25-20-10-4-8-18(15-20)21-11-12-24-26-21/h1-4,6-8,10-12,15,19H,5,9,13-14,16H2,(H,24,26)(H,25,29). The van der Waals surface area contributed by atoms with Crippen molar-refractivity contribution < 1.29 is 9.59 Å². The van der Waals surface area contributed by atoms with Crippen LogP contribution in [0.4, 0.5) is 5.69 Å². The molecule has 1 unspecified atom stereocenters. The lowest BCUT2D eigenvalue weighted by atomic mass is 9.96. The van der Waals surface area contributed by atoms with Gasteiger partial charge < -0.3 is 10.2 Å². The van der Waals surface area contributed by atoms with Crippen molar-refractivity contribution in [3.63, 3.8) is 0 Å². The molecule has 1 aliphatic rings. The molecule has 2 heterocycles. The first-order chi connectivity index (χ1) is 14.2. The lowest BCUT2D eigenvalue weighted by Gasteiger charge is -2.32. The number of aromatic nitrogens is 2. The van der Waals surface area contributed by atoms with Gasteiger partial charge in [-0.2, -0.15) is 5.10 Å². The van der Waals surface area contributed by atoms with E-state index in [0.717, 1.165) is 35.3 Å². The minimum absolute atomic E-state index is 0.0380. The van der Waals surface area contributed by atoms with Gasteiger partial charge in [0.1, 0.15) is 0 Å². The molecule has 3 aromatic rings. The van der Waals surface area contributed by atoms with Crippen LogP contribution in [0.15, 0.2) is 66.9 Å². The molecule has 1 fully saturated rings. The number of hydrogen-bond acceptors (Lipinski definition) is 3. The number of H-pyrrole nitrogens is 1. The van der Waals surface area contributed by atoms with Crippen LogP contribution in [0, 0.1) is 5.92 Å². The van der Waals surface area contributed by atoms with Gasteiger partial charge >= 0.3 is 0 Å². The van der Waals surface area contributed by atoms with Gasteiger partial charge in [0.05, 0.1) is 18.0 Å². The Labute approximate surface area is 169 Å². The summed E-state index contributed by atoms with van der Waals surface area (Å²) < 4.78 is 0. The van der Waals surface area contributed by atoms with Crippen LogP contribution in [0.3, 0.4) is 0 Å². The van der Waals surface area contributed by atoms with E-state index in [2.05, 4.69) is 15.5 Å². The molecule has 0 aliphatic carbocycles. The molecule has 0 radical (unpaired) electrons. The van der Waals surface area contributed by atoms with Gasteiger partial charge in [0.25, 0.3) is 0 Å². The maximum absolute atomic E-state index is 12.8. The number of nitrogens with zero attached hydrogens (tertiary/aromatic N) is 2. The molecule has 1 saturated heterocycles. The molecule has 6 heteroatoms. The first-order valence-electron chi connectivity index (χ1n) is 9.91. The molecular formula is C23H24N4O2. The molecule has 1 aliphatic heterocycles. The Bertz CT molecular complexity index is 970. The van der Waals surface area contributed by atoms with Crippen LogP contribution in [0.1, 0.15) is 18.4 Å². The first-order valence-corrected chi connectivity index (χ1v) is 9.91. The summed E-state index contributed by atoms with van der Waals surface area (Å²) in [5.74, 6) is -0.154. The Kier molecular flexibility index (Phi) is 5.70. The number of carbonyl (C=O) groups is 2. The summed E-state index contributed by atoms with van der Waals surface area (Å²) >= 11 is 0. The number of carbonyl (C=O) groups excluding carboxylic acids is 2. The van der Waals surface area contributed by atoms with Crippen LogP contribution >= 0.6 is 0 Å². The van der Waals surface area contributed by atoms with Crippen LogP contribution in [0.2, 0.25) is 0 Å². The highest BCUT2D eigenvalue weighted by Gasteiger charge is 2.28. The van der Waals surface area contributed by atoms with Crippen molar-refractivity contribution in [2.75, 3.05) is 18.4 Å². The normalized spacial score (nSPS) is 16.4. The summed E-state index contributed by atoms with van der Waals surface area (Å²) in [6, 6.07) is 19.3. The highest BCUT2D eigenvalue weighted by molar-refractivity contribution is 5.93. The zero-order valence-corrected chi connectivity index (χ0v) is 16.2. The van der Waals surface area contributed by atoms with Crippen molar-refractivity contribution in [2.24, 2.45) is 5.92 Å². The van der Waals surface area contributed by atoms with E-state index in [-0.39, 0.29) is 17.7 Å². The summed E-state index contributed by atoms with van der Waals surface area (Å²) in [7, 11) is 0. The Morgan fingerprint density at radius 1 is 1.10 bits per heavy atom. The quantitative estimate of drug-likeness (QED) is 0.702. The second-order valence-corrected chi connectivity index (χ2v) is 7.38. The molecular weight excluding hydrogens is 364 g/mol. The molecule has 2 N–H and O–H groups in total. The number of hydrogen-bond donors (Lipinski definition) is 2. The van der Waals surface area contributed by atoms with Gasteiger partial charge in [-0.1, -0.05) is 42.5 Å². The Hall–Kier alpha value is -3.41. The van der Waals surface area contributed by atoms with E-state index in [1.54, 1.807) is 6.20 Å². The number of nitrogens with one attached hydrogen (secondary N) is 2. The number of likely N-dealkylation sites (tertiary alicyclic amines) is 1. The van der Waals surface area contributed by atoms with E-state index in [1.807, 2.05) is 65.6 Å². The fraction of sp³-hybridized carbons (Fsp3) is 0.261. The van der Waals surface area contributed by atoms with Crippen LogP contribution in [0.5, 0.6) is 0 Å². The van der Waals surface area contributed by atoms with Crippen LogP contribution in [-0.4, -0.2) is 40.0 Å². The highest BCUT2D eigenvalue weighted by atomic mass is 16.2. The van der Waals surface area contributed by atoms with Crippen molar-refractivity contribution in [1.82, 2.24) is 15.1 Å². The van der Waals surface area contributed by atoms with Gasteiger partial charge in [0, 0.05) is 30.5 Å². The summed E-state index contributed by atoms with van der Waals surface area (Å²) in [4.78, 5) is 27.3. The molecule has 29 heavy (non-hydrogen) atoms. The Morgan fingerprint density at radius 2 is 1.97 bits per heavy atom. The molecule has 2 aromatic carbocycles. The average molecular weight is 388 g/mol. The number of amides is 2. The number of benzene rings is 2. The lowest BCUT2D eigenvalue weighted by molar-refractivity contribution is -0.133. The maximum Gasteiger partial charge on any atom is 0.229 e. The van der Waals surface area contributed by atoms with Gasteiger partial charge in [-0.3, -0.25) is 14.7 Å². The maximum atomic E-state index is 12.8. The SMILES string of the molecule is O=C(Nc1cccc(-c2ccn[nH]2)c1)C1CCCN(C(=O)Cc2ccccc2)C1. The monoisotopic (exact) mass is 388 g/mol. The van der Waals surface area contributed by atoms with Crippen molar-refractivity contribution in [3.05, 3.63) is 72.4 Å². The van der Waals surface area contributed by atoms with Gasteiger partial charge in [0.15, 0.2) is 0 Å². The second-order valence-electron chi connectivity index (χ2n) is 7.38. The molecule has 0 bridgehead atoms. The number of rotatable bonds is 5. The van der Waals surface area contributed by atoms with Crippen LogP contribution in [0.25, 0.3) is 11.3 Å². The van der Waals surface area contributed by atoms with Gasteiger partial charge in [-0.15, -0.1) is 0 Å². The molecule has 2 amide bonds. The van der Waals surface area contributed by atoms with Crippen LogP contribution in [-0.2, 0) is 16.0 Å². The third-order valence-electron chi connectivity index (χ3n) is 5.28. The molecule has 0 saturated carbocycles. The third-order valence-corrected chi connectivity index (χ3v) is 5.28. The molecule has 148 valence electrons. The molecule has 1 atom stereocenters. The predicted octanol–water partition coefficient (Wildman–Crippen LogP) is 3.50. The summed E-state index contributed by atoms with van der Waals surface area (Å²) in [6.45, 7) is 1.18. The average Bonchev–Trinajstić information content (AvgIpc) is 3.30. The summed E-state index contributed by atoms with van der Waals surface area (Å²) in [6.07, 6.45) is 3.71. The van der Waals surface area contributed by atoms with E-state index in [0.29, 0.717) is 19.5 Å². The smallest absolute Gasteiger partial charge is 0.229 e. The second kappa shape index (κ2) is 8.73. The number of piperidine rings is 1. The van der Waals surface area contributed by atoms with Gasteiger partial charge in [-0.05, 0) is 36.6 Å². The van der Waals surface area contributed by atoms with Crippen molar-refractivity contribution >= 4 is 17.5 Å². The largest absolute Gasteiger partial charge is 0.342 e. The van der Waals surface area contributed by atoms with Gasteiger partial charge in [0.2, 0.25) is 11.8 Å². The van der Waals surface area contributed by atoms with E-state index < -0.39 is 0 Å². The van der Waals surface area contributed by atoms with E-state index in [4.69, 9.17) is 0 Å². The zero-order valence-electron chi connectivity index (χ0n) is 16.2. The van der Waals surface area contributed by atoms with Crippen molar-refractivity contribution in [2.45, 2.75) is 19.3 Å². The Balaban J connectivity index is 1.37. The molecule has 0 spiro atoms. The van der Waals surface area contributed by atoms with Gasteiger partial charge in [-0.25, -0.2) is 0 Å². The molecule has 6 nitrogen and oxygen atoms in total. The predicted molar refractivity (Wildman–Crippen MR) is 112 cm³/mol. The topological polar surface area (TPSA) is 78.1 Å². The minimum atomic E-state index is -0.195. The third kappa shape index (κ3) is 4.71. The van der Waals surface area contributed by atoms with E-state index in [1.165, 1.54) is 0 Å². The number of anilines is 1. The Morgan fingerprint density at radius 3 is 2.76 bits per heavy atom. The summed E-state index contributed by atoms with van der Waals surface area (Å²) in [5, 5.41) is 9.91. The first kappa shape index (κ1) is 18.9. The number of aromatic amines is 1. The van der Waals surface area contributed by atoms with E-state index >= 15 is 0 Å². The van der Waals surface area contributed by atoms with Crippen molar-refractivity contribution in [1.29, 1.82) is 0 Å². The highest BCUT2D eigenvalue weighted by Crippen LogP contribution is 2.23. The van der Waals surface area contributed by atoms with Crippen molar-refractivity contribution in [3.8, 4) is 11.3 Å². The molecule has 4 rings (SSSR count). The fourth-order valence-corrected chi connectivity index (χ4v) is 3.73. The lowest BCUT2D eigenvalue weighted by Crippen LogP contribution is -2.44.